The Morgan fingerprint density at radius 3 is 2.90 bits per heavy atom. The minimum Gasteiger partial charge on any atom is -0.386 e. The van der Waals surface area contributed by atoms with Gasteiger partial charge in [0, 0.05) is 24.5 Å². The highest BCUT2D eigenvalue weighted by Gasteiger charge is 2.15. The highest BCUT2D eigenvalue weighted by atomic mass is 35.5. The van der Waals surface area contributed by atoms with Gasteiger partial charge >= 0.3 is 0 Å². The predicted octanol–water partition coefficient (Wildman–Crippen LogP) is 2.66. The lowest BCUT2D eigenvalue weighted by molar-refractivity contribution is 0.786. The van der Waals surface area contributed by atoms with Crippen molar-refractivity contribution in [2.24, 2.45) is 0 Å². The van der Waals surface area contributed by atoms with E-state index in [-0.39, 0.29) is 0 Å². The van der Waals surface area contributed by atoms with Crippen LogP contribution in [-0.4, -0.2) is 32.0 Å². The average molecular weight is 289 g/mol. The quantitative estimate of drug-likeness (QED) is 0.777. The third-order valence-electron chi connectivity index (χ3n) is 3.07. The standard InChI is InChI=1S/C13H13ClN6/c1-8-12(13-16-5-6-17-13)18-19-20(8)11-7-9(14)3-4-10(11)15-2/h3-7,15H,1-2H3,(H,16,17). The Morgan fingerprint density at radius 1 is 1.35 bits per heavy atom. The van der Waals surface area contributed by atoms with Crippen LogP contribution in [0.5, 0.6) is 0 Å². The summed E-state index contributed by atoms with van der Waals surface area (Å²) in [5.41, 5.74) is 3.38. The minimum absolute atomic E-state index is 0.647. The van der Waals surface area contributed by atoms with E-state index in [4.69, 9.17) is 11.6 Å². The summed E-state index contributed by atoms with van der Waals surface area (Å²) in [5.74, 6) is 0.696. The number of benzene rings is 1. The van der Waals surface area contributed by atoms with Crippen molar-refractivity contribution in [1.82, 2.24) is 25.0 Å². The molecular weight excluding hydrogens is 276 g/mol. The summed E-state index contributed by atoms with van der Waals surface area (Å²) in [6, 6.07) is 5.59. The maximum Gasteiger partial charge on any atom is 0.159 e. The highest BCUT2D eigenvalue weighted by molar-refractivity contribution is 6.30. The van der Waals surface area contributed by atoms with Crippen molar-refractivity contribution >= 4 is 17.3 Å². The van der Waals surface area contributed by atoms with Crippen LogP contribution in [0.3, 0.4) is 0 Å². The largest absolute Gasteiger partial charge is 0.386 e. The van der Waals surface area contributed by atoms with E-state index >= 15 is 0 Å². The van der Waals surface area contributed by atoms with Crippen LogP contribution in [0.25, 0.3) is 17.2 Å². The summed E-state index contributed by atoms with van der Waals surface area (Å²) in [6.45, 7) is 1.94. The monoisotopic (exact) mass is 288 g/mol. The van der Waals surface area contributed by atoms with Gasteiger partial charge in [-0.2, -0.15) is 0 Å². The Balaban J connectivity index is 2.15. The Labute approximate surface area is 120 Å². The number of imidazole rings is 1. The van der Waals surface area contributed by atoms with Gasteiger partial charge in [-0.1, -0.05) is 16.8 Å². The third kappa shape index (κ3) is 2.04. The molecule has 1 aromatic carbocycles. The lowest BCUT2D eigenvalue weighted by Gasteiger charge is -2.10. The number of anilines is 1. The number of aromatic amines is 1. The van der Waals surface area contributed by atoms with Gasteiger partial charge in [-0.05, 0) is 25.1 Å². The van der Waals surface area contributed by atoms with E-state index in [2.05, 4.69) is 25.6 Å². The maximum atomic E-state index is 6.07. The molecule has 7 heteroatoms. The van der Waals surface area contributed by atoms with Crippen molar-refractivity contribution in [1.29, 1.82) is 0 Å². The SMILES string of the molecule is CNc1ccc(Cl)cc1-n1nnc(-c2ncc[nH]2)c1C. The van der Waals surface area contributed by atoms with Crippen molar-refractivity contribution in [3.63, 3.8) is 0 Å². The smallest absolute Gasteiger partial charge is 0.159 e. The minimum atomic E-state index is 0.647. The molecule has 0 fully saturated rings. The van der Waals surface area contributed by atoms with E-state index in [9.17, 15) is 0 Å². The van der Waals surface area contributed by atoms with Gasteiger partial charge in [0.05, 0.1) is 17.1 Å². The molecule has 0 unspecified atom stereocenters. The molecule has 0 radical (unpaired) electrons. The van der Waals surface area contributed by atoms with E-state index in [0.717, 1.165) is 22.8 Å². The summed E-state index contributed by atoms with van der Waals surface area (Å²) in [4.78, 5) is 7.23. The molecule has 2 aromatic heterocycles. The van der Waals surface area contributed by atoms with Gasteiger partial charge < -0.3 is 10.3 Å². The van der Waals surface area contributed by atoms with Crippen LogP contribution in [0.2, 0.25) is 5.02 Å². The number of H-pyrrole nitrogens is 1. The molecule has 102 valence electrons. The lowest BCUT2D eigenvalue weighted by atomic mass is 10.2. The first-order valence-electron chi connectivity index (χ1n) is 6.10. The Bertz CT molecular complexity index is 731. The molecule has 0 atom stereocenters. The molecule has 2 N–H and O–H groups in total. The zero-order chi connectivity index (χ0) is 14.1. The van der Waals surface area contributed by atoms with Crippen molar-refractivity contribution in [2.75, 3.05) is 12.4 Å². The zero-order valence-electron chi connectivity index (χ0n) is 11.1. The van der Waals surface area contributed by atoms with Crippen molar-refractivity contribution in [3.05, 3.63) is 41.3 Å². The maximum absolute atomic E-state index is 6.07. The molecule has 20 heavy (non-hydrogen) atoms. The summed E-state index contributed by atoms with van der Waals surface area (Å²) >= 11 is 6.07. The van der Waals surface area contributed by atoms with Crippen LogP contribution in [0.15, 0.2) is 30.6 Å². The van der Waals surface area contributed by atoms with Crippen LogP contribution in [-0.2, 0) is 0 Å². The molecule has 0 aliphatic carbocycles. The van der Waals surface area contributed by atoms with Gasteiger partial charge in [0.15, 0.2) is 11.5 Å². The topological polar surface area (TPSA) is 71.4 Å². The van der Waals surface area contributed by atoms with Crippen molar-refractivity contribution < 1.29 is 0 Å². The summed E-state index contributed by atoms with van der Waals surface area (Å²) in [6.07, 6.45) is 3.44. The first-order chi connectivity index (χ1) is 9.70. The molecule has 0 saturated heterocycles. The molecule has 2 heterocycles. The number of rotatable bonds is 3. The average Bonchev–Trinajstić information content (AvgIpc) is 3.07. The zero-order valence-corrected chi connectivity index (χ0v) is 11.8. The molecule has 0 bridgehead atoms. The van der Waals surface area contributed by atoms with E-state index in [1.54, 1.807) is 17.1 Å². The highest BCUT2D eigenvalue weighted by Crippen LogP contribution is 2.26. The van der Waals surface area contributed by atoms with Gasteiger partial charge in [0.2, 0.25) is 0 Å². The van der Waals surface area contributed by atoms with Crippen LogP contribution in [0.4, 0.5) is 5.69 Å². The van der Waals surface area contributed by atoms with E-state index < -0.39 is 0 Å². The summed E-state index contributed by atoms with van der Waals surface area (Å²) < 4.78 is 1.75. The molecular formula is C13H13ClN6. The normalized spacial score (nSPS) is 10.8. The molecule has 0 aliphatic heterocycles. The third-order valence-corrected chi connectivity index (χ3v) is 3.31. The van der Waals surface area contributed by atoms with Crippen LogP contribution >= 0.6 is 11.6 Å². The second kappa shape index (κ2) is 4.97. The van der Waals surface area contributed by atoms with Gasteiger partial charge in [-0.15, -0.1) is 5.10 Å². The molecule has 0 aliphatic rings. The molecule has 0 spiro atoms. The fourth-order valence-electron chi connectivity index (χ4n) is 2.06. The molecule has 3 aromatic rings. The molecule has 0 amide bonds. The molecule has 0 saturated carbocycles. The molecule has 6 nitrogen and oxygen atoms in total. The second-order valence-corrected chi connectivity index (χ2v) is 4.72. The number of nitrogens with one attached hydrogen (secondary N) is 2. The Hall–Kier alpha value is -2.34. The lowest BCUT2D eigenvalue weighted by Crippen LogP contribution is -2.03. The fourth-order valence-corrected chi connectivity index (χ4v) is 2.23. The van der Waals surface area contributed by atoms with Crippen LogP contribution in [0.1, 0.15) is 5.69 Å². The predicted molar refractivity (Wildman–Crippen MR) is 78.2 cm³/mol. The number of hydrogen-bond acceptors (Lipinski definition) is 4. The van der Waals surface area contributed by atoms with E-state index in [1.165, 1.54) is 0 Å². The van der Waals surface area contributed by atoms with Gasteiger partial charge in [0.1, 0.15) is 0 Å². The van der Waals surface area contributed by atoms with E-state index in [0.29, 0.717) is 10.8 Å². The fraction of sp³-hybridized carbons (Fsp3) is 0.154. The van der Waals surface area contributed by atoms with E-state index in [1.807, 2.05) is 32.2 Å². The first-order valence-corrected chi connectivity index (χ1v) is 6.48. The second-order valence-electron chi connectivity index (χ2n) is 4.28. The van der Waals surface area contributed by atoms with Gasteiger partial charge in [-0.3, -0.25) is 0 Å². The van der Waals surface area contributed by atoms with Crippen LogP contribution < -0.4 is 5.32 Å². The van der Waals surface area contributed by atoms with Crippen molar-refractivity contribution in [2.45, 2.75) is 6.92 Å². The van der Waals surface area contributed by atoms with Gasteiger partial charge in [-0.25, -0.2) is 9.67 Å². The number of halogens is 1. The Kier molecular flexibility index (Phi) is 3.15. The Morgan fingerprint density at radius 2 is 2.20 bits per heavy atom. The molecule has 3 rings (SSSR count). The summed E-state index contributed by atoms with van der Waals surface area (Å²) in [7, 11) is 1.85. The van der Waals surface area contributed by atoms with Crippen LogP contribution in [0, 0.1) is 6.92 Å². The summed E-state index contributed by atoms with van der Waals surface area (Å²) in [5, 5.41) is 12.2. The van der Waals surface area contributed by atoms with Crippen molar-refractivity contribution in [3.8, 4) is 17.2 Å². The van der Waals surface area contributed by atoms with Gasteiger partial charge in [0.25, 0.3) is 0 Å². The first kappa shape index (κ1) is 12.7. The number of aromatic nitrogens is 5. The number of nitrogens with zero attached hydrogens (tertiary/aromatic N) is 4. The number of hydrogen-bond donors (Lipinski definition) is 2.